The van der Waals surface area contributed by atoms with Crippen molar-refractivity contribution in [3.8, 4) is 5.75 Å². The van der Waals surface area contributed by atoms with Crippen LogP contribution in [0.15, 0.2) is 51.4 Å². The van der Waals surface area contributed by atoms with Gasteiger partial charge < -0.3 is 13.9 Å². The third-order valence-corrected chi connectivity index (χ3v) is 4.12. The van der Waals surface area contributed by atoms with Gasteiger partial charge in [0.25, 0.3) is 6.01 Å². The Morgan fingerprint density at radius 1 is 1.19 bits per heavy atom. The molecule has 3 rings (SSSR count). The van der Waals surface area contributed by atoms with E-state index in [4.69, 9.17) is 13.9 Å². The number of carbonyl (C=O) groups excluding carboxylic acids is 1. The SMILES string of the molecule is CC.COC(=O)Cc1ccccc1OCc1cc(Br)c2oc(F)cc2c1. The molecule has 6 heteroatoms. The number of ether oxygens (including phenoxy) is 2. The highest BCUT2D eigenvalue weighted by Gasteiger charge is 2.11. The molecule has 0 saturated heterocycles. The van der Waals surface area contributed by atoms with Crippen LogP contribution in [-0.2, 0) is 22.6 Å². The molecule has 0 aliphatic carbocycles. The number of halogens is 2. The second-order valence-corrected chi connectivity index (χ2v) is 6.05. The minimum absolute atomic E-state index is 0.141. The predicted molar refractivity (Wildman–Crippen MR) is 102 cm³/mol. The minimum Gasteiger partial charge on any atom is -0.489 e. The van der Waals surface area contributed by atoms with Gasteiger partial charge in [-0.25, -0.2) is 0 Å². The first-order chi connectivity index (χ1) is 12.6. The van der Waals surface area contributed by atoms with Gasteiger partial charge in [-0.05, 0) is 39.7 Å². The van der Waals surface area contributed by atoms with Crippen LogP contribution < -0.4 is 4.74 Å². The predicted octanol–water partition coefficient (Wildman–Crippen LogP) is 5.66. The second kappa shape index (κ2) is 9.38. The van der Waals surface area contributed by atoms with E-state index < -0.39 is 6.01 Å². The third-order valence-electron chi connectivity index (χ3n) is 3.53. The molecule has 0 unspecified atom stereocenters. The highest BCUT2D eigenvalue weighted by atomic mass is 79.9. The molecule has 26 heavy (non-hydrogen) atoms. The minimum atomic E-state index is -0.632. The Balaban J connectivity index is 0.00000117. The van der Waals surface area contributed by atoms with Gasteiger partial charge in [0.1, 0.15) is 12.4 Å². The number of furan rings is 1. The van der Waals surface area contributed by atoms with Crippen LogP contribution in [0.2, 0.25) is 0 Å². The van der Waals surface area contributed by atoms with Crippen molar-refractivity contribution in [3.63, 3.8) is 0 Å². The zero-order valence-electron chi connectivity index (χ0n) is 14.8. The zero-order chi connectivity index (χ0) is 19.1. The molecule has 0 bridgehead atoms. The lowest BCUT2D eigenvalue weighted by Crippen LogP contribution is -2.06. The van der Waals surface area contributed by atoms with E-state index in [1.807, 2.05) is 38.1 Å². The van der Waals surface area contributed by atoms with Gasteiger partial charge in [0.15, 0.2) is 5.58 Å². The first kappa shape index (κ1) is 20.0. The molecule has 0 amide bonds. The van der Waals surface area contributed by atoms with Crippen molar-refractivity contribution >= 4 is 32.9 Å². The van der Waals surface area contributed by atoms with E-state index in [1.54, 1.807) is 12.1 Å². The first-order valence-corrected chi connectivity index (χ1v) is 9.01. The number of hydrogen-bond acceptors (Lipinski definition) is 4. The molecule has 0 N–H and O–H groups in total. The topological polar surface area (TPSA) is 48.7 Å². The molecule has 4 nitrogen and oxygen atoms in total. The van der Waals surface area contributed by atoms with Crippen molar-refractivity contribution in [2.45, 2.75) is 26.9 Å². The maximum atomic E-state index is 13.2. The van der Waals surface area contributed by atoms with E-state index in [-0.39, 0.29) is 19.0 Å². The van der Waals surface area contributed by atoms with Crippen LogP contribution in [0.5, 0.6) is 5.75 Å². The van der Waals surface area contributed by atoms with Gasteiger partial charge in [0.2, 0.25) is 0 Å². The highest BCUT2D eigenvalue weighted by molar-refractivity contribution is 9.10. The quantitative estimate of drug-likeness (QED) is 0.498. The number of esters is 1. The summed E-state index contributed by atoms with van der Waals surface area (Å²) >= 11 is 3.37. The average Bonchev–Trinajstić information content (AvgIpc) is 3.03. The van der Waals surface area contributed by atoms with Crippen molar-refractivity contribution in [1.29, 1.82) is 0 Å². The molecule has 0 atom stereocenters. The summed E-state index contributed by atoms with van der Waals surface area (Å²) in [7, 11) is 1.35. The van der Waals surface area contributed by atoms with Crippen LogP contribution in [0.4, 0.5) is 4.39 Å². The van der Waals surface area contributed by atoms with Crippen LogP contribution >= 0.6 is 15.9 Å². The average molecular weight is 423 g/mol. The largest absolute Gasteiger partial charge is 0.489 e. The van der Waals surface area contributed by atoms with Crippen molar-refractivity contribution in [2.24, 2.45) is 0 Å². The van der Waals surface area contributed by atoms with Crippen LogP contribution in [0.3, 0.4) is 0 Å². The fraction of sp³-hybridized carbons (Fsp3) is 0.250. The van der Waals surface area contributed by atoms with E-state index in [0.717, 1.165) is 11.1 Å². The van der Waals surface area contributed by atoms with Crippen LogP contribution in [-0.4, -0.2) is 13.1 Å². The van der Waals surface area contributed by atoms with Gasteiger partial charge in [-0.15, -0.1) is 0 Å². The molecule has 0 aliphatic rings. The third kappa shape index (κ3) is 4.85. The fourth-order valence-corrected chi connectivity index (χ4v) is 3.00. The van der Waals surface area contributed by atoms with Crippen molar-refractivity contribution < 1.29 is 23.1 Å². The van der Waals surface area contributed by atoms with Crippen LogP contribution in [0.1, 0.15) is 25.0 Å². The van der Waals surface area contributed by atoms with Gasteiger partial charge in [-0.3, -0.25) is 4.79 Å². The molecule has 138 valence electrons. The lowest BCUT2D eigenvalue weighted by molar-refractivity contribution is -0.139. The summed E-state index contributed by atoms with van der Waals surface area (Å²) in [5, 5.41) is 0.656. The Labute approximate surface area is 160 Å². The smallest absolute Gasteiger partial charge is 0.310 e. The van der Waals surface area contributed by atoms with Crippen molar-refractivity contribution in [3.05, 3.63) is 64.1 Å². The van der Waals surface area contributed by atoms with E-state index in [1.165, 1.54) is 13.2 Å². The Morgan fingerprint density at radius 2 is 1.92 bits per heavy atom. The maximum Gasteiger partial charge on any atom is 0.310 e. The number of rotatable bonds is 5. The summed E-state index contributed by atoms with van der Waals surface area (Å²) in [5.41, 5.74) is 2.06. The van der Waals surface area contributed by atoms with Crippen LogP contribution in [0, 0.1) is 6.01 Å². The summed E-state index contributed by atoms with van der Waals surface area (Å²) in [6, 6.07) is 11.6. The number of carbonyl (C=O) groups is 1. The van der Waals surface area contributed by atoms with E-state index in [0.29, 0.717) is 21.2 Å². The molecule has 0 saturated carbocycles. The van der Waals surface area contributed by atoms with Gasteiger partial charge in [0, 0.05) is 17.0 Å². The number of benzene rings is 2. The van der Waals surface area contributed by atoms with E-state index in [9.17, 15) is 9.18 Å². The van der Waals surface area contributed by atoms with Crippen LogP contribution in [0.25, 0.3) is 11.0 Å². The summed E-state index contributed by atoms with van der Waals surface area (Å²) in [5.74, 6) is 0.279. The summed E-state index contributed by atoms with van der Waals surface area (Å²) < 4.78 is 29.4. The Bertz CT molecular complexity index is 889. The van der Waals surface area contributed by atoms with Gasteiger partial charge in [-0.1, -0.05) is 32.0 Å². The standard InChI is InChI=1S/C18H14BrFO4.C2H6/c1-22-17(21)9-12-4-2-3-5-15(12)23-10-11-6-13-8-16(20)24-18(13)14(19)7-11;1-2/h2-8H,9-10H2,1H3;1-2H3. The van der Waals surface area contributed by atoms with Gasteiger partial charge in [0.05, 0.1) is 18.0 Å². The van der Waals surface area contributed by atoms with Crippen molar-refractivity contribution in [2.75, 3.05) is 7.11 Å². The molecular weight excluding hydrogens is 403 g/mol. The summed E-state index contributed by atoms with van der Waals surface area (Å²) in [4.78, 5) is 11.5. The molecule has 1 heterocycles. The Morgan fingerprint density at radius 3 is 2.65 bits per heavy atom. The second-order valence-electron chi connectivity index (χ2n) is 5.20. The lowest BCUT2D eigenvalue weighted by Gasteiger charge is -2.11. The molecule has 3 aromatic rings. The van der Waals surface area contributed by atoms with Crippen molar-refractivity contribution in [1.82, 2.24) is 0 Å². The van der Waals surface area contributed by atoms with E-state index >= 15 is 0 Å². The number of fused-ring (bicyclic) bond motifs is 1. The molecule has 0 fully saturated rings. The monoisotopic (exact) mass is 422 g/mol. The Kier molecular flexibility index (Phi) is 7.21. The lowest BCUT2D eigenvalue weighted by atomic mass is 10.1. The molecule has 1 aromatic heterocycles. The summed E-state index contributed by atoms with van der Waals surface area (Å²) in [6.45, 7) is 4.28. The Hall–Kier alpha value is -2.34. The van der Waals surface area contributed by atoms with E-state index in [2.05, 4.69) is 15.9 Å². The number of hydrogen-bond donors (Lipinski definition) is 0. The first-order valence-electron chi connectivity index (χ1n) is 8.22. The van der Waals surface area contributed by atoms with Gasteiger partial charge in [-0.2, -0.15) is 4.39 Å². The number of methoxy groups -OCH3 is 1. The fourth-order valence-electron chi connectivity index (χ4n) is 2.40. The zero-order valence-corrected chi connectivity index (χ0v) is 16.4. The molecule has 0 spiro atoms. The molecular formula is C20H20BrFO4. The normalized spacial score (nSPS) is 10.2. The number of para-hydroxylation sites is 1. The highest BCUT2D eigenvalue weighted by Crippen LogP contribution is 2.29. The molecule has 2 aromatic carbocycles. The summed E-state index contributed by atoms with van der Waals surface area (Å²) in [6.07, 6.45) is 0.141. The molecule has 0 aliphatic heterocycles. The maximum absolute atomic E-state index is 13.2. The molecule has 0 radical (unpaired) electrons. The van der Waals surface area contributed by atoms with Gasteiger partial charge >= 0.3 is 5.97 Å².